The molecular formula is C14H14F3N5O2. The number of rotatable bonds is 3. The van der Waals surface area contributed by atoms with Gasteiger partial charge in [0, 0.05) is 26.0 Å². The molecule has 0 fully saturated rings. The van der Waals surface area contributed by atoms with E-state index in [0.717, 1.165) is 12.1 Å². The number of hydrogen-bond donors (Lipinski definition) is 3. The molecule has 0 spiro atoms. The number of halogens is 3. The van der Waals surface area contributed by atoms with Crippen LogP contribution < -0.4 is 16.0 Å². The molecule has 7 nitrogen and oxygen atoms in total. The third-order valence-electron chi connectivity index (χ3n) is 2.97. The second-order valence-electron chi connectivity index (χ2n) is 4.80. The number of nitrogens with zero attached hydrogens (tertiary/aromatic N) is 2. The summed E-state index contributed by atoms with van der Waals surface area (Å²) >= 11 is 0. The Bertz CT molecular complexity index is 770. The van der Waals surface area contributed by atoms with Gasteiger partial charge in [0.25, 0.3) is 5.91 Å². The maximum atomic E-state index is 12.7. The molecule has 1 aromatic carbocycles. The van der Waals surface area contributed by atoms with Crippen molar-refractivity contribution in [3.05, 3.63) is 41.7 Å². The quantitative estimate of drug-likeness (QED) is 0.801. The molecule has 0 saturated carbocycles. The minimum Gasteiger partial charge on any atom is -0.354 e. The average Bonchev–Trinajstić information content (AvgIpc) is 2.86. The average molecular weight is 341 g/mol. The van der Waals surface area contributed by atoms with Crippen LogP contribution in [0, 0.1) is 0 Å². The number of nitrogens with one attached hydrogen (secondary N) is 3. The maximum Gasteiger partial charge on any atom is 0.416 e. The summed E-state index contributed by atoms with van der Waals surface area (Å²) in [6.07, 6.45) is -3.11. The summed E-state index contributed by atoms with van der Waals surface area (Å²) in [6.45, 7) is 0. The predicted octanol–water partition coefficient (Wildman–Crippen LogP) is 2.44. The summed E-state index contributed by atoms with van der Waals surface area (Å²) in [5.41, 5.74) is -0.805. The van der Waals surface area contributed by atoms with Crippen molar-refractivity contribution in [2.75, 3.05) is 17.7 Å². The number of anilines is 2. The number of alkyl halides is 3. The van der Waals surface area contributed by atoms with Crippen LogP contribution in [-0.4, -0.2) is 28.8 Å². The summed E-state index contributed by atoms with van der Waals surface area (Å²) < 4.78 is 39.3. The largest absolute Gasteiger partial charge is 0.416 e. The molecule has 0 aliphatic rings. The Morgan fingerprint density at radius 2 is 1.92 bits per heavy atom. The zero-order valence-electron chi connectivity index (χ0n) is 12.7. The van der Waals surface area contributed by atoms with E-state index in [1.807, 2.05) is 0 Å². The molecule has 0 aliphatic carbocycles. The lowest BCUT2D eigenvalue weighted by Gasteiger charge is -2.10. The van der Waals surface area contributed by atoms with Gasteiger partial charge in [-0.25, -0.2) is 4.79 Å². The van der Waals surface area contributed by atoms with Gasteiger partial charge in [-0.3, -0.25) is 9.48 Å². The number of aromatic nitrogens is 2. The molecule has 1 heterocycles. The first-order valence-corrected chi connectivity index (χ1v) is 6.71. The van der Waals surface area contributed by atoms with Gasteiger partial charge >= 0.3 is 12.2 Å². The Hall–Kier alpha value is -3.04. The van der Waals surface area contributed by atoms with Gasteiger partial charge in [0.15, 0.2) is 5.69 Å². The molecule has 2 rings (SSSR count). The van der Waals surface area contributed by atoms with Crippen molar-refractivity contribution in [2.45, 2.75) is 6.18 Å². The highest BCUT2D eigenvalue weighted by molar-refractivity contribution is 6.05. The molecule has 0 unspecified atom stereocenters. The minimum atomic E-state index is -4.51. The molecule has 2 aromatic rings. The number of urea groups is 1. The summed E-state index contributed by atoms with van der Waals surface area (Å²) in [5.74, 6) is -0.509. The monoisotopic (exact) mass is 341 g/mol. The smallest absolute Gasteiger partial charge is 0.354 e. The highest BCUT2D eigenvalue weighted by atomic mass is 19.4. The summed E-state index contributed by atoms with van der Waals surface area (Å²) in [4.78, 5) is 23.6. The normalized spacial score (nSPS) is 11.0. The molecule has 0 radical (unpaired) electrons. The molecule has 3 N–H and O–H groups in total. The Labute approximate surface area is 134 Å². The molecule has 1 aromatic heterocycles. The van der Waals surface area contributed by atoms with Crippen molar-refractivity contribution in [2.24, 2.45) is 7.05 Å². The van der Waals surface area contributed by atoms with Crippen molar-refractivity contribution in [1.29, 1.82) is 0 Å². The molecule has 24 heavy (non-hydrogen) atoms. The zero-order valence-corrected chi connectivity index (χ0v) is 12.7. The third-order valence-corrected chi connectivity index (χ3v) is 2.97. The van der Waals surface area contributed by atoms with E-state index in [2.05, 4.69) is 21.0 Å². The fourth-order valence-corrected chi connectivity index (χ4v) is 1.92. The van der Waals surface area contributed by atoms with Gasteiger partial charge in [-0.15, -0.1) is 0 Å². The van der Waals surface area contributed by atoms with Crippen LogP contribution in [0.2, 0.25) is 0 Å². The molecule has 0 atom stereocenters. The summed E-state index contributed by atoms with van der Waals surface area (Å²) in [7, 11) is 2.96. The van der Waals surface area contributed by atoms with E-state index < -0.39 is 23.7 Å². The molecular weight excluding hydrogens is 327 g/mol. The lowest BCUT2D eigenvalue weighted by molar-refractivity contribution is -0.137. The first-order valence-electron chi connectivity index (χ1n) is 6.71. The van der Waals surface area contributed by atoms with Crippen LogP contribution in [0.5, 0.6) is 0 Å². The van der Waals surface area contributed by atoms with Gasteiger partial charge in [-0.2, -0.15) is 18.3 Å². The highest BCUT2D eigenvalue weighted by Crippen LogP contribution is 2.30. The maximum absolute atomic E-state index is 12.7. The highest BCUT2D eigenvalue weighted by Gasteiger charge is 2.30. The topological polar surface area (TPSA) is 88.1 Å². The van der Waals surface area contributed by atoms with Crippen LogP contribution >= 0.6 is 0 Å². The molecule has 3 amide bonds. The predicted molar refractivity (Wildman–Crippen MR) is 80.7 cm³/mol. The van der Waals surface area contributed by atoms with Gasteiger partial charge in [-0.1, -0.05) is 6.07 Å². The van der Waals surface area contributed by atoms with Crippen LogP contribution in [0.25, 0.3) is 0 Å². The van der Waals surface area contributed by atoms with Gasteiger partial charge in [0.05, 0.1) is 11.3 Å². The van der Waals surface area contributed by atoms with Crippen LogP contribution in [0.15, 0.2) is 30.5 Å². The van der Waals surface area contributed by atoms with Crippen molar-refractivity contribution >= 4 is 23.3 Å². The molecule has 0 saturated heterocycles. The van der Waals surface area contributed by atoms with E-state index in [-0.39, 0.29) is 17.1 Å². The van der Waals surface area contributed by atoms with E-state index >= 15 is 0 Å². The lowest BCUT2D eigenvalue weighted by Crippen LogP contribution is -2.24. The summed E-state index contributed by atoms with van der Waals surface area (Å²) in [5, 5.41) is 10.9. The van der Waals surface area contributed by atoms with Gasteiger partial charge < -0.3 is 16.0 Å². The number of amides is 3. The Balaban J connectivity index is 2.13. The first-order chi connectivity index (χ1) is 11.2. The second kappa shape index (κ2) is 6.60. The number of carbonyl (C=O) groups excluding carboxylic acids is 2. The van der Waals surface area contributed by atoms with Crippen molar-refractivity contribution < 1.29 is 22.8 Å². The SMILES string of the molecule is CNC(=O)c1nn(C)cc1NC(=O)Nc1cccc(C(F)(F)F)c1. The molecule has 0 bridgehead atoms. The minimum absolute atomic E-state index is 0.0146. The fourth-order valence-electron chi connectivity index (χ4n) is 1.92. The van der Waals surface area contributed by atoms with E-state index in [1.54, 1.807) is 7.05 Å². The van der Waals surface area contributed by atoms with E-state index in [4.69, 9.17) is 0 Å². The number of aryl methyl sites for hydroxylation is 1. The summed E-state index contributed by atoms with van der Waals surface area (Å²) in [6, 6.07) is 3.40. The van der Waals surface area contributed by atoms with Gasteiger partial charge in [-0.05, 0) is 18.2 Å². The van der Waals surface area contributed by atoms with Crippen molar-refractivity contribution in [3.63, 3.8) is 0 Å². The number of hydrogen-bond acceptors (Lipinski definition) is 3. The van der Waals surface area contributed by atoms with E-state index in [0.29, 0.717) is 0 Å². The Morgan fingerprint density at radius 3 is 2.54 bits per heavy atom. The molecule has 0 aliphatic heterocycles. The van der Waals surface area contributed by atoms with Crippen LogP contribution in [0.1, 0.15) is 16.1 Å². The molecule has 10 heteroatoms. The van der Waals surface area contributed by atoms with Gasteiger partial charge in [0.2, 0.25) is 0 Å². The number of carbonyl (C=O) groups is 2. The first kappa shape index (κ1) is 17.3. The van der Waals surface area contributed by atoms with Crippen LogP contribution in [0.3, 0.4) is 0 Å². The molecule has 128 valence electrons. The van der Waals surface area contributed by atoms with Crippen molar-refractivity contribution in [3.8, 4) is 0 Å². The van der Waals surface area contributed by atoms with Gasteiger partial charge in [0.1, 0.15) is 0 Å². The van der Waals surface area contributed by atoms with E-state index in [1.165, 1.54) is 30.1 Å². The zero-order chi connectivity index (χ0) is 17.9. The Kier molecular flexibility index (Phi) is 4.77. The third kappa shape index (κ3) is 4.03. The Morgan fingerprint density at radius 1 is 1.21 bits per heavy atom. The lowest BCUT2D eigenvalue weighted by atomic mass is 10.2. The second-order valence-corrected chi connectivity index (χ2v) is 4.80. The fraction of sp³-hybridized carbons (Fsp3) is 0.214. The van der Waals surface area contributed by atoms with E-state index in [9.17, 15) is 22.8 Å². The standard InChI is InChI=1S/C14H14F3N5O2/c1-18-12(23)11-10(7-22(2)21-11)20-13(24)19-9-5-3-4-8(6-9)14(15,16)17/h3-7H,1-2H3,(H,18,23)(H2,19,20,24). The van der Waals surface area contributed by atoms with Crippen molar-refractivity contribution in [1.82, 2.24) is 15.1 Å². The van der Waals surface area contributed by atoms with Crippen LogP contribution in [-0.2, 0) is 13.2 Å². The van der Waals surface area contributed by atoms with Crippen LogP contribution in [0.4, 0.5) is 29.3 Å². The number of benzene rings is 1.